The molecule has 0 aliphatic carbocycles. The van der Waals surface area contributed by atoms with Crippen LogP contribution >= 0.6 is 11.6 Å². The van der Waals surface area contributed by atoms with Gasteiger partial charge in [-0.05, 0) is 68.0 Å². The van der Waals surface area contributed by atoms with Gasteiger partial charge in [0.2, 0.25) is 0 Å². The van der Waals surface area contributed by atoms with Gasteiger partial charge in [0.1, 0.15) is 0 Å². The summed E-state index contributed by atoms with van der Waals surface area (Å²) < 4.78 is 6.05. The van der Waals surface area contributed by atoms with Crippen LogP contribution in [0.1, 0.15) is 47.2 Å². The lowest BCUT2D eigenvalue weighted by Gasteiger charge is -2.32. The molecule has 1 saturated heterocycles. The molecule has 3 rings (SSSR count). The summed E-state index contributed by atoms with van der Waals surface area (Å²) in [7, 11) is 0. The molecule has 1 N–H and O–H groups in total. The first-order chi connectivity index (χ1) is 13.6. The number of ether oxygens (including phenoxy) is 1. The third-order valence-corrected chi connectivity index (χ3v) is 5.57. The van der Waals surface area contributed by atoms with Gasteiger partial charge in [-0.1, -0.05) is 41.9 Å². The molecule has 0 bridgehead atoms. The molecule has 1 heterocycles. The van der Waals surface area contributed by atoms with Gasteiger partial charge in [-0.15, -0.1) is 0 Å². The summed E-state index contributed by atoms with van der Waals surface area (Å²) in [6, 6.07) is 15.3. The topological polar surface area (TPSA) is 49.8 Å². The Kier molecular flexibility index (Phi) is 7.90. The van der Waals surface area contributed by atoms with Crippen LogP contribution < -0.4 is 0 Å². The summed E-state index contributed by atoms with van der Waals surface area (Å²) in [6.07, 6.45) is 5.26. The van der Waals surface area contributed by atoms with Crippen molar-refractivity contribution in [1.29, 1.82) is 0 Å². The van der Waals surface area contributed by atoms with Crippen molar-refractivity contribution in [2.75, 3.05) is 19.6 Å². The van der Waals surface area contributed by atoms with E-state index in [1.54, 1.807) is 18.2 Å². The number of aromatic carboxylic acids is 1. The minimum Gasteiger partial charge on any atom is -0.478 e. The lowest BCUT2D eigenvalue weighted by atomic mass is 10.0. The zero-order chi connectivity index (χ0) is 19.8. The third kappa shape index (κ3) is 6.33. The SMILES string of the molecule is O=C(O)c1ccc(Cl)cc1CCCCN1CCC(OCc2ccccc2)CC1. The van der Waals surface area contributed by atoms with Gasteiger partial charge >= 0.3 is 5.97 Å². The van der Waals surface area contributed by atoms with Crippen molar-refractivity contribution in [2.45, 2.75) is 44.8 Å². The Bertz CT molecular complexity index is 758. The van der Waals surface area contributed by atoms with E-state index < -0.39 is 5.97 Å². The first-order valence-electron chi connectivity index (χ1n) is 10.0. The molecule has 0 radical (unpaired) electrons. The van der Waals surface area contributed by atoms with Gasteiger partial charge in [0.15, 0.2) is 0 Å². The van der Waals surface area contributed by atoms with Gasteiger partial charge in [-0.2, -0.15) is 0 Å². The largest absolute Gasteiger partial charge is 0.478 e. The fraction of sp³-hybridized carbons (Fsp3) is 0.435. The van der Waals surface area contributed by atoms with Crippen LogP contribution in [0.15, 0.2) is 48.5 Å². The van der Waals surface area contributed by atoms with Crippen LogP contribution in [0.25, 0.3) is 0 Å². The van der Waals surface area contributed by atoms with Crippen LogP contribution in [-0.4, -0.2) is 41.7 Å². The maximum absolute atomic E-state index is 11.3. The molecular weight excluding hydrogens is 374 g/mol. The van der Waals surface area contributed by atoms with Gasteiger partial charge in [-0.3, -0.25) is 0 Å². The standard InChI is InChI=1S/C23H28ClNO3/c24-20-9-10-22(23(26)27)19(16-20)8-4-5-13-25-14-11-21(12-15-25)28-17-18-6-2-1-3-7-18/h1-3,6-7,9-10,16,21H,4-5,8,11-15,17H2,(H,26,27). The number of likely N-dealkylation sites (tertiary alicyclic amines) is 1. The predicted octanol–water partition coefficient (Wildman–Crippen LogP) is 5.04. The fourth-order valence-corrected chi connectivity index (χ4v) is 3.91. The zero-order valence-corrected chi connectivity index (χ0v) is 16.9. The molecule has 0 atom stereocenters. The summed E-state index contributed by atoms with van der Waals surface area (Å²) in [5.41, 5.74) is 2.42. The Balaban J connectivity index is 1.34. The third-order valence-electron chi connectivity index (χ3n) is 5.33. The number of carboxylic acids is 1. The number of piperidine rings is 1. The summed E-state index contributed by atoms with van der Waals surface area (Å²) in [5, 5.41) is 9.89. The molecule has 0 aromatic heterocycles. The quantitative estimate of drug-likeness (QED) is 0.598. The van der Waals surface area contributed by atoms with Gasteiger partial charge in [0.05, 0.1) is 18.3 Å². The highest BCUT2D eigenvalue weighted by atomic mass is 35.5. The van der Waals surface area contributed by atoms with E-state index in [1.165, 1.54) is 5.56 Å². The Morgan fingerprint density at radius 2 is 1.86 bits per heavy atom. The van der Waals surface area contributed by atoms with Crippen LogP contribution in [0.4, 0.5) is 0 Å². The Labute approximate surface area is 172 Å². The highest BCUT2D eigenvalue weighted by Gasteiger charge is 2.19. The first-order valence-corrected chi connectivity index (χ1v) is 10.4. The summed E-state index contributed by atoms with van der Waals surface area (Å²) in [6.45, 7) is 3.87. The minimum absolute atomic E-state index is 0.348. The lowest BCUT2D eigenvalue weighted by molar-refractivity contribution is -0.00262. The predicted molar refractivity (Wildman–Crippen MR) is 112 cm³/mol. The van der Waals surface area contributed by atoms with Gasteiger partial charge in [0.25, 0.3) is 0 Å². The Hall–Kier alpha value is -1.88. The lowest BCUT2D eigenvalue weighted by Crippen LogP contribution is -2.37. The number of hydrogen-bond donors (Lipinski definition) is 1. The summed E-state index contributed by atoms with van der Waals surface area (Å²) in [5.74, 6) is -0.885. The van der Waals surface area contributed by atoms with Crippen LogP contribution in [0.3, 0.4) is 0 Å². The molecule has 28 heavy (non-hydrogen) atoms. The number of carboxylic acid groups (broad SMARTS) is 1. The van der Waals surface area contributed by atoms with E-state index in [4.69, 9.17) is 16.3 Å². The van der Waals surface area contributed by atoms with E-state index in [9.17, 15) is 9.90 Å². The Morgan fingerprint density at radius 3 is 2.57 bits per heavy atom. The van der Waals surface area contributed by atoms with E-state index in [1.807, 2.05) is 18.2 Å². The van der Waals surface area contributed by atoms with Crippen LogP contribution in [-0.2, 0) is 17.8 Å². The zero-order valence-electron chi connectivity index (χ0n) is 16.1. The van der Waals surface area contributed by atoms with E-state index in [-0.39, 0.29) is 0 Å². The molecule has 1 fully saturated rings. The molecule has 2 aromatic carbocycles. The molecule has 0 spiro atoms. The average Bonchev–Trinajstić information content (AvgIpc) is 2.71. The molecule has 1 aliphatic heterocycles. The molecule has 4 nitrogen and oxygen atoms in total. The van der Waals surface area contributed by atoms with Gasteiger partial charge < -0.3 is 14.7 Å². The van der Waals surface area contributed by atoms with Gasteiger partial charge in [0, 0.05) is 18.1 Å². The molecular formula is C23H28ClNO3. The first kappa shape index (κ1) is 20.8. The second-order valence-electron chi connectivity index (χ2n) is 7.40. The second-order valence-corrected chi connectivity index (χ2v) is 7.84. The van der Waals surface area contributed by atoms with E-state index in [2.05, 4.69) is 17.0 Å². The fourth-order valence-electron chi connectivity index (χ4n) is 3.72. The number of benzene rings is 2. The summed E-state index contributed by atoms with van der Waals surface area (Å²) >= 11 is 6.02. The summed E-state index contributed by atoms with van der Waals surface area (Å²) in [4.78, 5) is 13.8. The molecule has 2 aromatic rings. The number of aryl methyl sites for hydroxylation is 1. The monoisotopic (exact) mass is 401 g/mol. The van der Waals surface area contributed by atoms with Crippen LogP contribution in [0, 0.1) is 0 Å². The van der Waals surface area contributed by atoms with Crippen molar-refractivity contribution in [2.24, 2.45) is 0 Å². The maximum Gasteiger partial charge on any atom is 0.335 e. The van der Waals surface area contributed by atoms with Crippen molar-refractivity contribution in [1.82, 2.24) is 4.90 Å². The normalized spacial score (nSPS) is 15.6. The maximum atomic E-state index is 11.3. The van der Waals surface area contributed by atoms with E-state index in [0.29, 0.717) is 23.3 Å². The molecule has 5 heteroatoms. The highest BCUT2D eigenvalue weighted by molar-refractivity contribution is 6.30. The molecule has 0 saturated carbocycles. The molecule has 150 valence electrons. The number of hydrogen-bond acceptors (Lipinski definition) is 3. The van der Waals surface area contributed by atoms with Crippen molar-refractivity contribution >= 4 is 17.6 Å². The Morgan fingerprint density at radius 1 is 1.11 bits per heavy atom. The van der Waals surface area contributed by atoms with Crippen molar-refractivity contribution < 1.29 is 14.6 Å². The molecule has 1 aliphatic rings. The second kappa shape index (κ2) is 10.6. The number of carbonyl (C=O) groups is 1. The van der Waals surface area contributed by atoms with E-state index in [0.717, 1.165) is 57.3 Å². The average molecular weight is 402 g/mol. The number of halogens is 1. The van der Waals surface area contributed by atoms with Crippen LogP contribution in [0.5, 0.6) is 0 Å². The smallest absolute Gasteiger partial charge is 0.335 e. The minimum atomic E-state index is -0.885. The molecule has 0 amide bonds. The van der Waals surface area contributed by atoms with Crippen molar-refractivity contribution in [3.8, 4) is 0 Å². The van der Waals surface area contributed by atoms with Crippen LogP contribution in [0.2, 0.25) is 5.02 Å². The molecule has 0 unspecified atom stereocenters. The van der Waals surface area contributed by atoms with Crippen molar-refractivity contribution in [3.63, 3.8) is 0 Å². The number of rotatable bonds is 9. The number of nitrogens with zero attached hydrogens (tertiary/aromatic N) is 1. The number of unbranched alkanes of at least 4 members (excludes halogenated alkanes) is 1. The highest BCUT2D eigenvalue weighted by Crippen LogP contribution is 2.20. The van der Waals surface area contributed by atoms with Crippen molar-refractivity contribution in [3.05, 3.63) is 70.2 Å². The van der Waals surface area contributed by atoms with E-state index >= 15 is 0 Å². The van der Waals surface area contributed by atoms with Gasteiger partial charge in [-0.25, -0.2) is 4.79 Å².